The van der Waals surface area contributed by atoms with Crippen molar-refractivity contribution in [1.29, 1.82) is 0 Å². The summed E-state index contributed by atoms with van der Waals surface area (Å²) in [5.74, 6) is -6.24. The average molecular weight is 677 g/mol. The number of pyridine rings is 1. The molecular formula is C31H38F2N6O9. The quantitative estimate of drug-likeness (QED) is 0.296. The first-order chi connectivity index (χ1) is 22.9. The van der Waals surface area contributed by atoms with Gasteiger partial charge in [0.2, 0.25) is 11.8 Å². The van der Waals surface area contributed by atoms with Crippen LogP contribution in [0.2, 0.25) is 0 Å². The van der Waals surface area contributed by atoms with Gasteiger partial charge in [0.25, 0.3) is 11.8 Å². The maximum absolute atomic E-state index is 14.3. The normalized spacial score (nSPS) is 16.8. The molecule has 2 aliphatic heterocycles. The first-order valence-electron chi connectivity index (χ1n) is 15.7. The lowest BCUT2D eigenvalue weighted by molar-refractivity contribution is -0.139. The standard InChI is InChI=1S/C31H38F2N6O9/c1-3-34-29(44)24-6-5-9-39(24)26(40)17-48-25-16-23(35-22-15-20(33)19(32)14-18(22)25)28(43)36-21(7-8-27(41)42)30(45)37-10-12-38(13-11-37)31(46)47-4-2/h14-16,21,24H,3-13,17H2,1-2H3,(H,34,44)(H,36,43)(H,41,42). The Hall–Kier alpha value is -5.09. The van der Waals surface area contributed by atoms with Crippen LogP contribution < -0.4 is 15.4 Å². The van der Waals surface area contributed by atoms with Crippen LogP contribution in [-0.4, -0.2) is 125 Å². The summed E-state index contributed by atoms with van der Waals surface area (Å²) < 4.78 is 39.2. The summed E-state index contributed by atoms with van der Waals surface area (Å²) in [5.41, 5.74) is -0.563. The van der Waals surface area contributed by atoms with E-state index in [0.717, 1.165) is 18.2 Å². The minimum Gasteiger partial charge on any atom is -0.483 e. The van der Waals surface area contributed by atoms with Gasteiger partial charge in [-0.2, -0.15) is 0 Å². The maximum atomic E-state index is 14.3. The van der Waals surface area contributed by atoms with Crippen molar-refractivity contribution in [1.82, 2.24) is 30.3 Å². The van der Waals surface area contributed by atoms with E-state index in [1.54, 1.807) is 13.8 Å². The molecule has 2 saturated heterocycles. The number of likely N-dealkylation sites (N-methyl/N-ethyl adjacent to an activating group) is 1. The Morgan fingerprint density at radius 3 is 2.35 bits per heavy atom. The number of fused-ring (bicyclic) bond motifs is 1. The van der Waals surface area contributed by atoms with Crippen molar-refractivity contribution in [2.75, 3.05) is 52.5 Å². The number of ether oxygens (including phenoxy) is 2. The molecular weight excluding hydrogens is 638 g/mol. The summed E-state index contributed by atoms with van der Waals surface area (Å²) in [6, 6.07) is 0.665. The molecule has 17 heteroatoms. The van der Waals surface area contributed by atoms with Crippen LogP contribution in [0.3, 0.4) is 0 Å². The topological polar surface area (TPSA) is 188 Å². The number of aliphatic carboxylic acids is 1. The third-order valence-electron chi connectivity index (χ3n) is 7.99. The number of carboxylic acid groups (broad SMARTS) is 1. The first-order valence-corrected chi connectivity index (χ1v) is 15.7. The van der Waals surface area contributed by atoms with Gasteiger partial charge in [-0.1, -0.05) is 0 Å². The number of rotatable bonds is 12. The van der Waals surface area contributed by atoms with Gasteiger partial charge >= 0.3 is 12.1 Å². The van der Waals surface area contributed by atoms with Gasteiger partial charge in [0.05, 0.1) is 12.1 Å². The number of nitrogens with zero attached hydrogens (tertiary/aromatic N) is 4. The van der Waals surface area contributed by atoms with Crippen molar-refractivity contribution in [3.05, 3.63) is 35.5 Å². The van der Waals surface area contributed by atoms with Crippen LogP contribution in [-0.2, 0) is 23.9 Å². The highest BCUT2D eigenvalue weighted by atomic mass is 19.2. The van der Waals surface area contributed by atoms with Crippen LogP contribution in [0.25, 0.3) is 10.9 Å². The molecule has 0 radical (unpaired) electrons. The lowest BCUT2D eigenvalue weighted by atomic mass is 10.1. The van der Waals surface area contributed by atoms with Crippen LogP contribution in [0, 0.1) is 11.6 Å². The number of piperazine rings is 1. The number of amides is 5. The molecule has 1 aromatic heterocycles. The fourth-order valence-corrected chi connectivity index (χ4v) is 5.58. The van der Waals surface area contributed by atoms with Crippen LogP contribution in [0.4, 0.5) is 13.6 Å². The first kappa shape index (κ1) is 35.8. The molecule has 4 rings (SSSR count). The molecule has 2 atom stereocenters. The number of hydrogen-bond acceptors (Lipinski definition) is 9. The molecule has 5 amide bonds. The van der Waals surface area contributed by atoms with E-state index < -0.39 is 66.5 Å². The average Bonchev–Trinajstić information content (AvgIpc) is 3.56. The Balaban J connectivity index is 1.54. The number of carbonyl (C=O) groups is 6. The fourth-order valence-electron chi connectivity index (χ4n) is 5.58. The number of benzene rings is 1. The zero-order chi connectivity index (χ0) is 35.0. The lowest BCUT2D eigenvalue weighted by Crippen LogP contribution is -2.56. The molecule has 0 spiro atoms. The molecule has 3 N–H and O–H groups in total. The summed E-state index contributed by atoms with van der Waals surface area (Å²) in [5, 5.41) is 14.4. The number of likely N-dealkylation sites (tertiary alicyclic amines) is 1. The van der Waals surface area contributed by atoms with Gasteiger partial charge in [-0.3, -0.25) is 24.0 Å². The third kappa shape index (κ3) is 8.63. The minimum atomic E-state index is -1.31. The molecule has 0 aliphatic carbocycles. The molecule has 2 unspecified atom stereocenters. The van der Waals surface area contributed by atoms with E-state index in [4.69, 9.17) is 9.47 Å². The number of hydrogen-bond donors (Lipinski definition) is 3. The summed E-state index contributed by atoms with van der Waals surface area (Å²) in [6.45, 7) is 4.28. The van der Waals surface area contributed by atoms with Crippen LogP contribution >= 0.6 is 0 Å². The van der Waals surface area contributed by atoms with Crippen molar-refractivity contribution >= 4 is 46.6 Å². The van der Waals surface area contributed by atoms with Gasteiger partial charge in [0.15, 0.2) is 18.2 Å². The van der Waals surface area contributed by atoms with Crippen molar-refractivity contribution in [2.45, 2.75) is 51.6 Å². The van der Waals surface area contributed by atoms with E-state index in [1.165, 1.54) is 14.7 Å². The van der Waals surface area contributed by atoms with Crippen molar-refractivity contribution in [3.63, 3.8) is 0 Å². The predicted octanol–water partition coefficient (Wildman–Crippen LogP) is 1.28. The summed E-state index contributed by atoms with van der Waals surface area (Å²) in [7, 11) is 0. The summed E-state index contributed by atoms with van der Waals surface area (Å²) >= 11 is 0. The molecule has 2 fully saturated rings. The van der Waals surface area contributed by atoms with Gasteiger partial charge in [-0.15, -0.1) is 0 Å². The van der Waals surface area contributed by atoms with E-state index in [0.29, 0.717) is 25.9 Å². The van der Waals surface area contributed by atoms with Gasteiger partial charge in [0, 0.05) is 63.2 Å². The van der Waals surface area contributed by atoms with Crippen molar-refractivity contribution in [2.24, 2.45) is 0 Å². The van der Waals surface area contributed by atoms with E-state index in [2.05, 4.69) is 15.6 Å². The Bertz CT molecular complexity index is 1570. The minimum absolute atomic E-state index is 0.0436. The van der Waals surface area contributed by atoms with Gasteiger partial charge in [-0.05, 0) is 39.2 Å². The van der Waals surface area contributed by atoms with Gasteiger partial charge in [0.1, 0.15) is 23.5 Å². The highest BCUT2D eigenvalue weighted by molar-refractivity contribution is 5.99. The molecule has 1 aromatic carbocycles. The van der Waals surface area contributed by atoms with Crippen molar-refractivity contribution < 1.29 is 52.1 Å². The third-order valence-corrected chi connectivity index (χ3v) is 7.99. The summed E-state index contributed by atoms with van der Waals surface area (Å²) in [4.78, 5) is 84.1. The largest absolute Gasteiger partial charge is 0.483 e. The van der Waals surface area contributed by atoms with E-state index in [9.17, 15) is 42.7 Å². The number of halogens is 2. The monoisotopic (exact) mass is 676 g/mol. The zero-order valence-corrected chi connectivity index (χ0v) is 26.6. The SMILES string of the molecule is CCNC(=O)C1CCCN1C(=O)COc1cc(C(=O)NC(CCC(=O)O)C(=O)N2CCN(C(=O)OCC)CC2)nc2cc(F)c(F)cc12. The van der Waals surface area contributed by atoms with E-state index in [1.807, 2.05) is 0 Å². The van der Waals surface area contributed by atoms with Gasteiger partial charge < -0.3 is 39.9 Å². The Kier molecular flexibility index (Phi) is 12.0. The second kappa shape index (κ2) is 16.1. The Labute approximate surface area is 274 Å². The van der Waals surface area contributed by atoms with Crippen molar-refractivity contribution in [3.8, 4) is 5.75 Å². The summed E-state index contributed by atoms with van der Waals surface area (Å²) in [6.07, 6.45) is -0.192. The Morgan fingerprint density at radius 2 is 1.69 bits per heavy atom. The Morgan fingerprint density at radius 1 is 1.00 bits per heavy atom. The van der Waals surface area contributed by atoms with Crippen LogP contribution in [0.5, 0.6) is 5.75 Å². The fraction of sp³-hybridized carbons (Fsp3) is 0.516. The molecule has 2 aromatic rings. The second-order valence-electron chi connectivity index (χ2n) is 11.2. The van der Waals surface area contributed by atoms with Gasteiger partial charge in [-0.25, -0.2) is 18.6 Å². The van der Waals surface area contributed by atoms with E-state index in [-0.39, 0.29) is 67.5 Å². The number of aromatic nitrogens is 1. The maximum Gasteiger partial charge on any atom is 0.409 e. The smallest absolute Gasteiger partial charge is 0.409 e. The zero-order valence-electron chi connectivity index (χ0n) is 26.6. The molecule has 3 heterocycles. The molecule has 48 heavy (non-hydrogen) atoms. The highest BCUT2D eigenvalue weighted by Crippen LogP contribution is 2.28. The lowest BCUT2D eigenvalue weighted by Gasteiger charge is -2.35. The number of carbonyl (C=O) groups excluding carboxylic acids is 5. The second-order valence-corrected chi connectivity index (χ2v) is 11.2. The highest BCUT2D eigenvalue weighted by Gasteiger charge is 2.34. The molecule has 2 aliphatic rings. The predicted molar refractivity (Wildman–Crippen MR) is 164 cm³/mol. The number of carboxylic acids is 1. The molecule has 0 saturated carbocycles. The number of nitrogens with one attached hydrogen (secondary N) is 2. The molecule has 15 nitrogen and oxygen atoms in total. The van der Waals surface area contributed by atoms with E-state index >= 15 is 0 Å². The molecule has 260 valence electrons. The van der Waals surface area contributed by atoms with Crippen LogP contribution in [0.15, 0.2) is 18.2 Å². The molecule has 0 bridgehead atoms. The van der Waals surface area contributed by atoms with Crippen LogP contribution in [0.1, 0.15) is 50.0 Å².